The number of fused-ring (bicyclic) bond motifs is 1. The van der Waals surface area contributed by atoms with Gasteiger partial charge in [0.25, 0.3) is 5.91 Å². The molecule has 178 valence electrons. The molecule has 0 radical (unpaired) electrons. The Morgan fingerprint density at radius 1 is 1.11 bits per heavy atom. The Bertz CT molecular complexity index is 1440. The van der Waals surface area contributed by atoms with Gasteiger partial charge in [-0.1, -0.05) is 13.0 Å². The summed E-state index contributed by atoms with van der Waals surface area (Å²) in [5, 5.41) is 8.62. The second-order valence-electron chi connectivity index (χ2n) is 9.96. The fourth-order valence-corrected chi connectivity index (χ4v) is 5.39. The third kappa shape index (κ3) is 3.96. The third-order valence-corrected chi connectivity index (χ3v) is 7.38. The molecular weight excluding hydrogens is 438 g/mol. The van der Waals surface area contributed by atoms with Gasteiger partial charge in [-0.25, -0.2) is 0 Å². The summed E-state index contributed by atoms with van der Waals surface area (Å²) in [4.78, 5) is 19.9. The van der Waals surface area contributed by atoms with Gasteiger partial charge in [0.15, 0.2) is 0 Å². The van der Waals surface area contributed by atoms with E-state index in [9.17, 15) is 4.79 Å². The van der Waals surface area contributed by atoms with Crippen LogP contribution in [0.15, 0.2) is 60.9 Å². The quantitative estimate of drug-likeness (QED) is 0.454. The molecule has 0 bridgehead atoms. The Balaban J connectivity index is 1.20. The number of pyridine rings is 1. The predicted molar refractivity (Wildman–Crippen MR) is 136 cm³/mol. The minimum absolute atomic E-state index is 0.0282. The van der Waals surface area contributed by atoms with Crippen molar-refractivity contribution in [2.75, 3.05) is 20.1 Å². The largest absolute Gasteiger partial charge is 0.457 e. The summed E-state index contributed by atoms with van der Waals surface area (Å²) >= 11 is 0. The highest BCUT2D eigenvalue weighted by Crippen LogP contribution is 2.52. The lowest BCUT2D eigenvalue weighted by Crippen LogP contribution is -2.50. The van der Waals surface area contributed by atoms with Crippen molar-refractivity contribution < 1.29 is 9.53 Å². The van der Waals surface area contributed by atoms with Gasteiger partial charge in [-0.2, -0.15) is 5.10 Å². The topological polar surface area (TPSA) is 72.3 Å². The van der Waals surface area contributed by atoms with E-state index in [0.717, 1.165) is 65.0 Å². The van der Waals surface area contributed by atoms with Crippen LogP contribution in [0.25, 0.3) is 22.2 Å². The van der Waals surface area contributed by atoms with Crippen molar-refractivity contribution in [3.8, 4) is 22.8 Å². The maximum Gasteiger partial charge on any atom is 0.251 e. The Morgan fingerprint density at radius 2 is 1.94 bits per heavy atom. The lowest BCUT2D eigenvalue weighted by atomic mass is 9.96. The summed E-state index contributed by atoms with van der Waals surface area (Å²) in [6.45, 7) is 4.24. The number of nitrogens with zero attached hydrogens (tertiary/aromatic N) is 4. The number of aromatic nitrogens is 3. The van der Waals surface area contributed by atoms with Crippen LogP contribution in [0, 0.1) is 5.41 Å². The number of nitrogens with one attached hydrogen (secondary N) is 1. The van der Waals surface area contributed by atoms with Crippen molar-refractivity contribution in [1.82, 2.24) is 25.0 Å². The molecule has 35 heavy (non-hydrogen) atoms. The number of hydrogen-bond donors (Lipinski definition) is 1. The number of aryl methyl sites for hydroxylation is 2. The van der Waals surface area contributed by atoms with E-state index in [1.807, 2.05) is 60.4 Å². The number of carbonyl (C=O) groups excluding carboxylic acids is 1. The Hall–Kier alpha value is -3.71. The molecule has 3 heterocycles. The molecule has 1 spiro atoms. The molecule has 1 N–H and O–H groups in total. The van der Waals surface area contributed by atoms with Gasteiger partial charge in [0.2, 0.25) is 0 Å². The summed E-state index contributed by atoms with van der Waals surface area (Å²) in [6.07, 6.45) is 5.46. The van der Waals surface area contributed by atoms with Crippen molar-refractivity contribution in [3.63, 3.8) is 0 Å². The van der Waals surface area contributed by atoms with Crippen LogP contribution in [-0.4, -0.2) is 51.8 Å². The number of carbonyl (C=O) groups is 1. The molecular formula is C28H29N5O2. The van der Waals surface area contributed by atoms with Gasteiger partial charge in [-0.15, -0.1) is 0 Å². The average molecular weight is 468 g/mol. The van der Waals surface area contributed by atoms with Crippen LogP contribution in [0.3, 0.4) is 0 Å². The summed E-state index contributed by atoms with van der Waals surface area (Å²) < 4.78 is 7.97. The molecule has 2 fully saturated rings. The van der Waals surface area contributed by atoms with Crippen LogP contribution >= 0.6 is 0 Å². The van der Waals surface area contributed by atoms with E-state index in [1.54, 1.807) is 6.20 Å². The Morgan fingerprint density at radius 3 is 2.74 bits per heavy atom. The first-order valence-corrected chi connectivity index (χ1v) is 12.1. The summed E-state index contributed by atoms with van der Waals surface area (Å²) in [7, 11) is 4.05. The highest BCUT2D eigenvalue weighted by Gasteiger charge is 2.60. The molecule has 7 nitrogen and oxygen atoms in total. The monoisotopic (exact) mass is 467 g/mol. The Labute approximate surface area is 204 Å². The van der Waals surface area contributed by atoms with Gasteiger partial charge in [0.1, 0.15) is 11.5 Å². The first-order chi connectivity index (χ1) is 16.9. The fraction of sp³-hybridized carbons (Fsp3) is 0.321. The molecule has 1 aliphatic heterocycles. The van der Waals surface area contributed by atoms with Crippen molar-refractivity contribution in [2.45, 2.75) is 25.8 Å². The SMILES string of the molecule is CCc1cc(-c2cc(Oc3ccc4cnn(C)c4c3)ccn2)ccc1C(=O)NC1CC12CN(C)C2. The first kappa shape index (κ1) is 21.8. The van der Waals surface area contributed by atoms with Crippen molar-refractivity contribution in [2.24, 2.45) is 12.5 Å². The highest BCUT2D eigenvalue weighted by atomic mass is 16.5. The zero-order valence-corrected chi connectivity index (χ0v) is 20.3. The van der Waals surface area contributed by atoms with Crippen LogP contribution in [-0.2, 0) is 13.5 Å². The zero-order valence-electron chi connectivity index (χ0n) is 20.3. The molecule has 4 aromatic rings. The zero-order chi connectivity index (χ0) is 24.2. The lowest BCUT2D eigenvalue weighted by Gasteiger charge is -2.37. The van der Waals surface area contributed by atoms with Crippen LogP contribution in [0.5, 0.6) is 11.5 Å². The second kappa shape index (κ2) is 8.20. The van der Waals surface area contributed by atoms with Crippen molar-refractivity contribution >= 4 is 16.8 Å². The van der Waals surface area contributed by atoms with Gasteiger partial charge in [-0.3, -0.25) is 14.5 Å². The lowest BCUT2D eigenvalue weighted by molar-refractivity contribution is 0.0865. The van der Waals surface area contributed by atoms with Crippen LogP contribution in [0.2, 0.25) is 0 Å². The highest BCUT2D eigenvalue weighted by molar-refractivity contribution is 5.96. The number of hydrogen-bond acceptors (Lipinski definition) is 5. The number of rotatable bonds is 6. The van der Waals surface area contributed by atoms with Crippen LogP contribution < -0.4 is 10.1 Å². The summed E-state index contributed by atoms with van der Waals surface area (Å²) in [5.41, 5.74) is 4.89. The molecule has 1 saturated heterocycles. The standard InChI is InChI=1S/C28H29N5O2/c1-4-18-11-19(6-8-23(18)27(34)31-26-14-28(26)16-32(2)17-28)24-12-22(9-10-29-24)35-21-7-5-20-15-30-33(3)25(20)13-21/h5-13,15,26H,4,14,16-17H2,1-3H3,(H,31,34). The van der Waals surface area contributed by atoms with E-state index in [1.165, 1.54) is 0 Å². The predicted octanol–water partition coefficient (Wildman–Crippen LogP) is 4.42. The maximum atomic E-state index is 13.0. The van der Waals surface area contributed by atoms with Crippen molar-refractivity contribution in [1.29, 1.82) is 0 Å². The minimum atomic E-state index is 0.0282. The molecule has 1 aliphatic carbocycles. The fourth-order valence-electron chi connectivity index (χ4n) is 5.39. The maximum absolute atomic E-state index is 13.0. The molecule has 1 atom stereocenters. The molecule has 1 saturated carbocycles. The van der Waals surface area contributed by atoms with Gasteiger partial charge >= 0.3 is 0 Å². The molecule has 1 unspecified atom stereocenters. The molecule has 2 aliphatic rings. The molecule has 7 heteroatoms. The van der Waals surface area contributed by atoms with Crippen molar-refractivity contribution in [3.05, 3.63) is 72.1 Å². The van der Waals surface area contributed by atoms with Crippen LogP contribution in [0.1, 0.15) is 29.3 Å². The molecule has 6 rings (SSSR count). The number of ether oxygens (including phenoxy) is 1. The molecule has 2 aromatic carbocycles. The van der Waals surface area contributed by atoms with Gasteiger partial charge < -0.3 is 15.0 Å². The van der Waals surface area contributed by atoms with Gasteiger partial charge in [0, 0.05) is 66.4 Å². The minimum Gasteiger partial charge on any atom is -0.457 e. The first-order valence-electron chi connectivity index (χ1n) is 12.1. The van der Waals surface area contributed by atoms with E-state index in [-0.39, 0.29) is 5.91 Å². The van der Waals surface area contributed by atoms with Gasteiger partial charge in [-0.05, 0) is 55.8 Å². The smallest absolute Gasteiger partial charge is 0.251 e. The number of benzene rings is 2. The second-order valence-corrected chi connectivity index (χ2v) is 9.96. The summed E-state index contributed by atoms with van der Waals surface area (Å²) in [6, 6.07) is 16.0. The van der Waals surface area contributed by atoms with Crippen LogP contribution in [0.4, 0.5) is 0 Å². The van der Waals surface area contributed by atoms with E-state index in [0.29, 0.717) is 17.2 Å². The molecule has 2 aromatic heterocycles. The third-order valence-electron chi connectivity index (χ3n) is 7.38. The van der Waals surface area contributed by atoms with E-state index in [2.05, 4.69) is 40.3 Å². The normalized spacial score (nSPS) is 18.4. The molecule has 1 amide bonds. The summed E-state index contributed by atoms with van der Waals surface area (Å²) in [5.74, 6) is 1.48. The Kier molecular flexibility index (Phi) is 5.11. The van der Waals surface area contributed by atoms with E-state index < -0.39 is 0 Å². The van der Waals surface area contributed by atoms with E-state index >= 15 is 0 Å². The van der Waals surface area contributed by atoms with Gasteiger partial charge in [0.05, 0.1) is 17.4 Å². The average Bonchev–Trinajstić information content (AvgIpc) is 3.42. The number of likely N-dealkylation sites (tertiary alicyclic amines) is 1. The van der Waals surface area contributed by atoms with E-state index in [4.69, 9.17) is 4.74 Å². The number of amides is 1.